The molecule has 3 atom stereocenters. The zero-order valence-electron chi connectivity index (χ0n) is 11.7. The molecule has 2 rings (SSSR count). The molecule has 1 aromatic rings. The fraction of sp³-hybridized carbons (Fsp3) is 0.625. The predicted molar refractivity (Wildman–Crippen MR) is 77.5 cm³/mol. The number of nitrogens with one attached hydrogen (secondary N) is 1. The van der Waals surface area contributed by atoms with Gasteiger partial charge in [0.25, 0.3) is 0 Å². The van der Waals surface area contributed by atoms with E-state index >= 15 is 0 Å². The summed E-state index contributed by atoms with van der Waals surface area (Å²) >= 11 is 0. The van der Waals surface area contributed by atoms with Crippen molar-refractivity contribution in [1.29, 1.82) is 0 Å². The standard InChI is InChI=1S/C16H25FN2/c1-2-13-9-10-19-11-15(13)16(18)8-5-12-3-6-14(17)7-4-12/h3-4,6-7,13,15-16,19H,2,5,8-11,18H2,1H3. The highest BCUT2D eigenvalue weighted by Gasteiger charge is 2.28. The molecule has 0 spiro atoms. The van der Waals surface area contributed by atoms with Gasteiger partial charge in [0, 0.05) is 6.04 Å². The van der Waals surface area contributed by atoms with Crippen LogP contribution in [0.1, 0.15) is 31.7 Å². The van der Waals surface area contributed by atoms with Gasteiger partial charge in [-0.15, -0.1) is 0 Å². The maximum absolute atomic E-state index is 12.8. The second kappa shape index (κ2) is 7.01. The summed E-state index contributed by atoms with van der Waals surface area (Å²) in [4.78, 5) is 0. The molecule has 0 bridgehead atoms. The van der Waals surface area contributed by atoms with Gasteiger partial charge in [-0.05, 0) is 61.9 Å². The molecule has 1 aromatic carbocycles. The Morgan fingerprint density at radius 2 is 2.11 bits per heavy atom. The lowest BCUT2D eigenvalue weighted by Gasteiger charge is -2.35. The molecule has 1 fully saturated rings. The monoisotopic (exact) mass is 264 g/mol. The number of halogens is 1. The summed E-state index contributed by atoms with van der Waals surface area (Å²) in [7, 11) is 0. The first-order valence-electron chi connectivity index (χ1n) is 7.41. The molecule has 0 amide bonds. The van der Waals surface area contributed by atoms with Crippen molar-refractivity contribution in [2.24, 2.45) is 17.6 Å². The minimum absolute atomic E-state index is 0.171. The van der Waals surface area contributed by atoms with E-state index in [-0.39, 0.29) is 11.9 Å². The highest BCUT2D eigenvalue weighted by molar-refractivity contribution is 5.16. The van der Waals surface area contributed by atoms with Gasteiger partial charge in [-0.25, -0.2) is 4.39 Å². The lowest BCUT2D eigenvalue weighted by Crippen LogP contribution is -2.46. The van der Waals surface area contributed by atoms with Crippen LogP contribution in [-0.4, -0.2) is 19.1 Å². The van der Waals surface area contributed by atoms with Crippen LogP contribution < -0.4 is 11.1 Å². The van der Waals surface area contributed by atoms with E-state index in [1.807, 2.05) is 12.1 Å². The Hall–Kier alpha value is -0.930. The Kier molecular flexibility index (Phi) is 5.34. The van der Waals surface area contributed by atoms with E-state index in [4.69, 9.17) is 5.73 Å². The van der Waals surface area contributed by atoms with E-state index in [1.165, 1.54) is 30.5 Å². The summed E-state index contributed by atoms with van der Waals surface area (Å²) in [6, 6.07) is 7.01. The van der Waals surface area contributed by atoms with Crippen molar-refractivity contribution in [2.75, 3.05) is 13.1 Å². The zero-order valence-corrected chi connectivity index (χ0v) is 11.7. The molecule has 0 radical (unpaired) electrons. The SMILES string of the molecule is CCC1CCNCC1C(N)CCc1ccc(F)cc1. The topological polar surface area (TPSA) is 38.0 Å². The summed E-state index contributed by atoms with van der Waals surface area (Å²) in [6.07, 6.45) is 4.38. The molecule has 1 heterocycles. The van der Waals surface area contributed by atoms with Crippen molar-refractivity contribution in [3.05, 3.63) is 35.6 Å². The Morgan fingerprint density at radius 3 is 2.79 bits per heavy atom. The van der Waals surface area contributed by atoms with Gasteiger partial charge in [-0.2, -0.15) is 0 Å². The molecular formula is C16H25FN2. The van der Waals surface area contributed by atoms with Crippen LogP contribution >= 0.6 is 0 Å². The summed E-state index contributed by atoms with van der Waals surface area (Å²) < 4.78 is 12.8. The van der Waals surface area contributed by atoms with Crippen LogP contribution in [0.2, 0.25) is 0 Å². The van der Waals surface area contributed by atoms with Gasteiger partial charge in [0.05, 0.1) is 0 Å². The van der Waals surface area contributed by atoms with E-state index in [0.29, 0.717) is 5.92 Å². The smallest absolute Gasteiger partial charge is 0.123 e. The molecule has 0 aromatic heterocycles. The molecule has 0 saturated carbocycles. The summed E-state index contributed by atoms with van der Waals surface area (Å²) in [5.74, 6) is 1.17. The summed E-state index contributed by atoms with van der Waals surface area (Å²) in [6.45, 7) is 4.43. The maximum atomic E-state index is 12.8. The summed E-state index contributed by atoms with van der Waals surface area (Å²) in [5.41, 5.74) is 7.55. The van der Waals surface area contributed by atoms with Crippen molar-refractivity contribution in [2.45, 2.75) is 38.6 Å². The van der Waals surface area contributed by atoms with E-state index in [1.54, 1.807) is 0 Å². The lowest BCUT2D eigenvalue weighted by molar-refractivity contribution is 0.206. The number of nitrogens with two attached hydrogens (primary N) is 1. The third kappa shape index (κ3) is 4.02. The highest BCUT2D eigenvalue weighted by Crippen LogP contribution is 2.26. The fourth-order valence-corrected chi connectivity index (χ4v) is 3.14. The first kappa shape index (κ1) is 14.5. The molecular weight excluding hydrogens is 239 g/mol. The Bertz CT molecular complexity index is 377. The first-order valence-corrected chi connectivity index (χ1v) is 7.41. The lowest BCUT2D eigenvalue weighted by atomic mass is 9.78. The third-order valence-electron chi connectivity index (χ3n) is 4.43. The van der Waals surface area contributed by atoms with Crippen molar-refractivity contribution < 1.29 is 4.39 Å². The predicted octanol–water partition coefficient (Wildman–Crippen LogP) is 2.72. The Morgan fingerprint density at radius 1 is 1.37 bits per heavy atom. The minimum Gasteiger partial charge on any atom is -0.327 e. The van der Waals surface area contributed by atoms with Gasteiger partial charge < -0.3 is 11.1 Å². The quantitative estimate of drug-likeness (QED) is 0.858. The van der Waals surface area contributed by atoms with Gasteiger partial charge in [0.15, 0.2) is 0 Å². The molecule has 0 aliphatic carbocycles. The van der Waals surface area contributed by atoms with Crippen LogP contribution in [0.4, 0.5) is 4.39 Å². The van der Waals surface area contributed by atoms with Gasteiger partial charge in [-0.1, -0.05) is 25.5 Å². The van der Waals surface area contributed by atoms with Crippen molar-refractivity contribution in [3.63, 3.8) is 0 Å². The van der Waals surface area contributed by atoms with E-state index in [9.17, 15) is 4.39 Å². The van der Waals surface area contributed by atoms with Gasteiger partial charge in [-0.3, -0.25) is 0 Å². The number of hydrogen-bond donors (Lipinski definition) is 2. The van der Waals surface area contributed by atoms with Crippen LogP contribution in [0.5, 0.6) is 0 Å². The second-order valence-electron chi connectivity index (χ2n) is 5.65. The average Bonchev–Trinajstić information content (AvgIpc) is 2.46. The maximum Gasteiger partial charge on any atom is 0.123 e. The molecule has 3 unspecified atom stereocenters. The molecule has 106 valence electrons. The molecule has 3 heteroatoms. The normalized spacial score (nSPS) is 25.2. The molecule has 1 aliphatic heterocycles. The van der Waals surface area contributed by atoms with Gasteiger partial charge >= 0.3 is 0 Å². The second-order valence-corrected chi connectivity index (χ2v) is 5.65. The van der Waals surface area contributed by atoms with E-state index in [0.717, 1.165) is 31.8 Å². The fourth-order valence-electron chi connectivity index (χ4n) is 3.14. The minimum atomic E-state index is -0.171. The summed E-state index contributed by atoms with van der Waals surface area (Å²) in [5, 5.41) is 3.46. The van der Waals surface area contributed by atoms with Crippen LogP contribution in [0, 0.1) is 17.7 Å². The average molecular weight is 264 g/mol. The van der Waals surface area contributed by atoms with E-state index in [2.05, 4.69) is 12.2 Å². The number of rotatable bonds is 5. The van der Waals surface area contributed by atoms with Crippen molar-refractivity contribution >= 4 is 0 Å². The molecule has 2 nitrogen and oxygen atoms in total. The van der Waals surface area contributed by atoms with Crippen molar-refractivity contribution in [1.82, 2.24) is 5.32 Å². The van der Waals surface area contributed by atoms with Crippen molar-refractivity contribution in [3.8, 4) is 0 Å². The zero-order chi connectivity index (χ0) is 13.7. The first-order chi connectivity index (χ1) is 9.20. The number of benzene rings is 1. The Balaban J connectivity index is 1.85. The van der Waals surface area contributed by atoms with Crippen LogP contribution in [0.25, 0.3) is 0 Å². The van der Waals surface area contributed by atoms with E-state index < -0.39 is 0 Å². The van der Waals surface area contributed by atoms with Crippen LogP contribution in [-0.2, 0) is 6.42 Å². The molecule has 19 heavy (non-hydrogen) atoms. The molecule has 3 N–H and O–H groups in total. The molecule has 1 aliphatic rings. The van der Waals surface area contributed by atoms with Gasteiger partial charge in [0.2, 0.25) is 0 Å². The number of piperidine rings is 1. The molecule has 1 saturated heterocycles. The van der Waals surface area contributed by atoms with Crippen LogP contribution in [0.15, 0.2) is 24.3 Å². The number of hydrogen-bond acceptors (Lipinski definition) is 2. The Labute approximate surface area is 115 Å². The highest BCUT2D eigenvalue weighted by atomic mass is 19.1. The van der Waals surface area contributed by atoms with Crippen LogP contribution in [0.3, 0.4) is 0 Å². The number of aryl methyl sites for hydroxylation is 1. The van der Waals surface area contributed by atoms with Gasteiger partial charge in [0.1, 0.15) is 5.82 Å². The third-order valence-corrected chi connectivity index (χ3v) is 4.43. The largest absolute Gasteiger partial charge is 0.327 e.